The first-order valence-electron chi connectivity index (χ1n) is 6.37. The van der Waals surface area contributed by atoms with Crippen molar-refractivity contribution in [3.63, 3.8) is 0 Å². The first-order valence-corrected chi connectivity index (χ1v) is 7.81. The van der Waals surface area contributed by atoms with Crippen LogP contribution in [0.3, 0.4) is 0 Å². The van der Waals surface area contributed by atoms with Gasteiger partial charge in [0.15, 0.2) is 0 Å². The van der Waals surface area contributed by atoms with Crippen LogP contribution in [0, 0.1) is 6.92 Å². The average molecular weight is 286 g/mol. The Bertz CT molecular complexity index is 515. The zero-order valence-electron chi connectivity index (χ0n) is 11.7. The molecule has 0 amide bonds. The van der Waals surface area contributed by atoms with E-state index in [1.807, 2.05) is 13.8 Å². The highest BCUT2D eigenvalue weighted by Gasteiger charge is 2.23. The van der Waals surface area contributed by atoms with Crippen LogP contribution in [0.1, 0.15) is 19.4 Å². The van der Waals surface area contributed by atoms with E-state index < -0.39 is 10.0 Å². The molecule has 0 radical (unpaired) electrons. The molecule has 1 aromatic rings. The third kappa shape index (κ3) is 3.92. The minimum absolute atomic E-state index is 0.231. The van der Waals surface area contributed by atoms with Gasteiger partial charge in [-0.05, 0) is 31.5 Å². The van der Waals surface area contributed by atoms with Gasteiger partial charge in [-0.2, -0.15) is 4.31 Å². The molecule has 6 heteroatoms. The van der Waals surface area contributed by atoms with Crippen molar-refractivity contribution in [2.75, 3.05) is 32.0 Å². The molecular weight excluding hydrogens is 264 g/mol. The summed E-state index contributed by atoms with van der Waals surface area (Å²) in [6, 6.07) is 4.82. The third-order valence-corrected chi connectivity index (χ3v) is 4.90. The van der Waals surface area contributed by atoms with E-state index in [9.17, 15) is 8.42 Å². The number of benzene rings is 1. The predicted octanol–water partition coefficient (Wildman–Crippen LogP) is 1.62. The van der Waals surface area contributed by atoms with Crippen LogP contribution < -0.4 is 5.73 Å². The number of nitrogens with zero attached hydrogens (tertiary/aromatic N) is 1. The fourth-order valence-electron chi connectivity index (χ4n) is 1.69. The molecule has 108 valence electrons. The number of hydrogen-bond donors (Lipinski definition) is 1. The number of ether oxygens (including phenoxy) is 1. The SMILES string of the molecule is CCOCCN(CC)S(=O)(=O)c1ccc(C)c(N)c1. The molecule has 5 nitrogen and oxygen atoms in total. The molecule has 1 aromatic carbocycles. The molecule has 2 N–H and O–H groups in total. The van der Waals surface area contributed by atoms with Gasteiger partial charge in [-0.25, -0.2) is 8.42 Å². The molecular formula is C13H22N2O3S. The van der Waals surface area contributed by atoms with E-state index in [-0.39, 0.29) is 4.90 Å². The second kappa shape index (κ2) is 6.88. The first kappa shape index (κ1) is 15.9. The Hall–Kier alpha value is -1.11. The summed E-state index contributed by atoms with van der Waals surface area (Å²) in [5.74, 6) is 0. The first-order chi connectivity index (χ1) is 8.93. The molecule has 0 fully saturated rings. The van der Waals surface area contributed by atoms with E-state index in [4.69, 9.17) is 10.5 Å². The minimum atomic E-state index is -3.50. The van der Waals surface area contributed by atoms with Crippen LogP contribution in [-0.2, 0) is 14.8 Å². The summed E-state index contributed by atoms with van der Waals surface area (Å²) in [6.45, 7) is 7.26. The van der Waals surface area contributed by atoms with Crippen LogP contribution in [0.5, 0.6) is 0 Å². The standard InChI is InChI=1S/C13H22N2O3S/c1-4-15(8-9-18-5-2)19(16,17)12-7-6-11(3)13(14)10-12/h6-7,10H,4-5,8-9,14H2,1-3H3. The molecule has 0 aromatic heterocycles. The van der Waals surface area contributed by atoms with E-state index in [1.54, 1.807) is 19.1 Å². The fraction of sp³-hybridized carbons (Fsp3) is 0.538. The van der Waals surface area contributed by atoms with Crippen LogP contribution in [0.15, 0.2) is 23.1 Å². The van der Waals surface area contributed by atoms with E-state index in [0.717, 1.165) is 5.56 Å². The monoisotopic (exact) mass is 286 g/mol. The van der Waals surface area contributed by atoms with Crippen LogP contribution in [0.25, 0.3) is 0 Å². The van der Waals surface area contributed by atoms with Gasteiger partial charge in [0.2, 0.25) is 10.0 Å². The fourth-order valence-corrected chi connectivity index (χ4v) is 3.16. The van der Waals surface area contributed by atoms with Gasteiger partial charge in [0.05, 0.1) is 11.5 Å². The third-order valence-electron chi connectivity index (χ3n) is 2.93. The highest BCUT2D eigenvalue weighted by Crippen LogP contribution is 2.20. The number of aryl methyl sites for hydroxylation is 1. The summed E-state index contributed by atoms with van der Waals surface area (Å²) < 4.78 is 31.5. The lowest BCUT2D eigenvalue weighted by Gasteiger charge is -2.20. The van der Waals surface area contributed by atoms with Crippen molar-refractivity contribution in [1.82, 2.24) is 4.31 Å². The largest absolute Gasteiger partial charge is 0.398 e. The number of hydrogen-bond acceptors (Lipinski definition) is 4. The van der Waals surface area contributed by atoms with Crippen molar-refractivity contribution >= 4 is 15.7 Å². The zero-order valence-corrected chi connectivity index (χ0v) is 12.5. The maximum Gasteiger partial charge on any atom is 0.243 e. The van der Waals surface area contributed by atoms with Gasteiger partial charge in [0.25, 0.3) is 0 Å². The van der Waals surface area contributed by atoms with E-state index in [0.29, 0.717) is 32.0 Å². The Morgan fingerprint density at radius 1 is 1.32 bits per heavy atom. The van der Waals surface area contributed by atoms with Crippen molar-refractivity contribution in [3.05, 3.63) is 23.8 Å². The molecule has 0 heterocycles. The van der Waals surface area contributed by atoms with Crippen molar-refractivity contribution < 1.29 is 13.2 Å². The van der Waals surface area contributed by atoms with Gasteiger partial charge in [0.1, 0.15) is 0 Å². The van der Waals surface area contributed by atoms with Crippen LogP contribution >= 0.6 is 0 Å². The summed E-state index contributed by atoms with van der Waals surface area (Å²) in [6.07, 6.45) is 0. The van der Waals surface area contributed by atoms with Gasteiger partial charge >= 0.3 is 0 Å². The Kier molecular flexibility index (Phi) is 5.78. The maximum atomic E-state index is 12.4. The van der Waals surface area contributed by atoms with Crippen molar-refractivity contribution in [1.29, 1.82) is 0 Å². The molecule has 19 heavy (non-hydrogen) atoms. The van der Waals surface area contributed by atoms with E-state index in [2.05, 4.69) is 0 Å². The van der Waals surface area contributed by atoms with E-state index >= 15 is 0 Å². The lowest BCUT2D eigenvalue weighted by Crippen LogP contribution is -2.34. The lowest BCUT2D eigenvalue weighted by molar-refractivity contribution is 0.135. The maximum absolute atomic E-state index is 12.4. The molecule has 0 saturated heterocycles. The summed E-state index contributed by atoms with van der Waals surface area (Å²) >= 11 is 0. The summed E-state index contributed by atoms with van der Waals surface area (Å²) in [4.78, 5) is 0.231. The van der Waals surface area contributed by atoms with Gasteiger partial charge in [-0.15, -0.1) is 0 Å². The van der Waals surface area contributed by atoms with Crippen LogP contribution in [-0.4, -0.2) is 39.0 Å². The molecule has 0 aliphatic heterocycles. The minimum Gasteiger partial charge on any atom is -0.398 e. The van der Waals surface area contributed by atoms with Gasteiger partial charge in [0, 0.05) is 25.4 Å². The second-order valence-corrected chi connectivity index (χ2v) is 6.15. The van der Waals surface area contributed by atoms with Crippen LogP contribution in [0.2, 0.25) is 0 Å². The predicted molar refractivity (Wildman–Crippen MR) is 76.5 cm³/mol. The molecule has 0 aliphatic carbocycles. The molecule has 0 spiro atoms. The summed E-state index contributed by atoms with van der Waals surface area (Å²) in [7, 11) is -3.50. The quantitative estimate of drug-likeness (QED) is 0.611. The number of nitrogen functional groups attached to an aromatic ring is 1. The van der Waals surface area contributed by atoms with E-state index in [1.165, 1.54) is 10.4 Å². The zero-order chi connectivity index (χ0) is 14.5. The average Bonchev–Trinajstić information content (AvgIpc) is 2.37. The van der Waals surface area contributed by atoms with Gasteiger partial charge < -0.3 is 10.5 Å². The number of rotatable bonds is 7. The normalized spacial score (nSPS) is 12.0. The molecule has 0 atom stereocenters. The highest BCUT2D eigenvalue weighted by atomic mass is 32.2. The Morgan fingerprint density at radius 2 is 2.00 bits per heavy atom. The lowest BCUT2D eigenvalue weighted by atomic mass is 10.2. The molecule has 1 rings (SSSR count). The van der Waals surface area contributed by atoms with Crippen molar-refractivity contribution in [2.45, 2.75) is 25.7 Å². The summed E-state index contributed by atoms with van der Waals surface area (Å²) in [5, 5.41) is 0. The number of sulfonamides is 1. The van der Waals surface area contributed by atoms with Crippen LogP contribution in [0.4, 0.5) is 5.69 Å². The molecule has 0 unspecified atom stereocenters. The molecule has 0 saturated carbocycles. The summed E-state index contributed by atoms with van der Waals surface area (Å²) in [5.41, 5.74) is 7.13. The van der Waals surface area contributed by atoms with Gasteiger partial charge in [-0.1, -0.05) is 13.0 Å². The molecule has 0 bridgehead atoms. The Balaban J connectivity index is 2.96. The van der Waals surface area contributed by atoms with Gasteiger partial charge in [-0.3, -0.25) is 0 Å². The van der Waals surface area contributed by atoms with Crippen molar-refractivity contribution in [2.24, 2.45) is 0 Å². The topological polar surface area (TPSA) is 72.6 Å². The smallest absolute Gasteiger partial charge is 0.243 e. The number of nitrogens with two attached hydrogens (primary N) is 1. The number of likely N-dealkylation sites (N-methyl/N-ethyl adjacent to an activating group) is 1. The highest BCUT2D eigenvalue weighted by molar-refractivity contribution is 7.89. The molecule has 0 aliphatic rings. The van der Waals surface area contributed by atoms with Crippen molar-refractivity contribution in [3.8, 4) is 0 Å². The second-order valence-electron chi connectivity index (χ2n) is 4.21. The Labute approximate surface area is 115 Å². The number of anilines is 1. The Morgan fingerprint density at radius 3 is 2.53 bits per heavy atom.